The number of hydrogen-bond donors (Lipinski definition) is 1. The number of carbonyl (C=O) groups excluding carboxylic acids is 1. The van der Waals surface area contributed by atoms with Crippen molar-refractivity contribution in [1.82, 2.24) is 15.4 Å². The molecule has 0 bridgehead atoms. The summed E-state index contributed by atoms with van der Waals surface area (Å²) in [7, 11) is 1.95. The van der Waals surface area contributed by atoms with Gasteiger partial charge in [0.05, 0.1) is 0 Å². The highest BCUT2D eigenvalue weighted by atomic mass is 35.5. The number of amides is 1. The molecule has 1 aliphatic rings. The Morgan fingerprint density at radius 2 is 2.17 bits per heavy atom. The molecule has 1 fully saturated rings. The third-order valence-corrected chi connectivity index (χ3v) is 4.09. The SMILES string of the molecule is CNCC1CCCN(C(=O)c2cc(-c3ccccc3)no2)C1.Cl. The van der Waals surface area contributed by atoms with Crippen molar-refractivity contribution in [3.63, 3.8) is 0 Å². The van der Waals surface area contributed by atoms with Gasteiger partial charge in [-0.2, -0.15) is 0 Å². The summed E-state index contributed by atoms with van der Waals surface area (Å²) < 4.78 is 5.27. The van der Waals surface area contributed by atoms with E-state index in [0.29, 0.717) is 17.4 Å². The minimum atomic E-state index is -0.0597. The number of piperidine rings is 1. The lowest BCUT2D eigenvalue weighted by Gasteiger charge is -2.31. The van der Waals surface area contributed by atoms with Crippen molar-refractivity contribution < 1.29 is 9.32 Å². The largest absolute Gasteiger partial charge is 0.350 e. The highest BCUT2D eigenvalue weighted by Crippen LogP contribution is 2.22. The Labute approximate surface area is 142 Å². The number of hydrogen-bond acceptors (Lipinski definition) is 4. The maximum Gasteiger partial charge on any atom is 0.292 e. The molecule has 2 aromatic rings. The third kappa shape index (κ3) is 4.12. The molecule has 0 spiro atoms. The van der Waals surface area contributed by atoms with Crippen LogP contribution in [0.4, 0.5) is 0 Å². The molecule has 2 heterocycles. The predicted molar refractivity (Wildman–Crippen MR) is 91.7 cm³/mol. The zero-order valence-corrected chi connectivity index (χ0v) is 14.0. The molecule has 1 amide bonds. The van der Waals surface area contributed by atoms with Gasteiger partial charge in [-0.3, -0.25) is 4.79 Å². The Hall–Kier alpha value is -1.85. The van der Waals surface area contributed by atoms with E-state index in [0.717, 1.165) is 38.0 Å². The standard InChI is InChI=1S/C17H21N3O2.ClH/c1-18-11-13-6-5-9-20(12-13)17(21)16-10-15(19-22-16)14-7-3-2-4-8-14;/h2-4,7-8,10,13,18H,5-6,9,11-12H2,1H3;1H. The fraction of sp³-hybridized carbons (Fsp3) is 0.412. The fourth-order valence-corrected chi connectivity index (χ4v) is 2.98. The summed E-state index contributed by atoms with van der Waals surface area (Å²) in [5.41, 5.74) is 1.66. The molecular weight excluding hydrogens is 314 g/mol. The van der Waals surface area contributed by atoms with Crippen LogP contribution < -0.4 is 5.32 Å². The van der Waals surface area contributed by atoms with Gasteiger partial charge in [-0.1, -0.05) is 35.5 Å². The second-order valence-electron chi connectivity index (χ2n) is 5.76. The molecule has 1 aromatic carbocycles. The third-order valence-electron chi connectivity index (χ3n) is 4.09. The molecule has 0 saturated carbocycles. The Morgan fingerprint density at radius 3 is 2.91 bits per heavy atom. The summed E-state index contributed by atoms with van der Waals surface area (Å²) >= 11 is 0. The zero-order chi connectivity index (χ0) is 15.4. The summed E-state index contributed by atoms with van der Waals surface area (Å²) in [5.74, 6) is 0.777. The van der Waals surface area contributed by atoms with Crippen molar-refractivity contribution in [2.24, 2.45) is 5.92 Å². The molecule has 0 radical (unpaired) electrons. The van der Waals surface area contributed by atoms with Gasteiger partial charge in [-0.05, 0) is 32.4 Å². The second-order valence-corrected chi connectivity index (χ2v) is 5.76. The van der Waals surface area contributed by atoms with Crippen molar-refractivity contribution in [1.29, 1.82) is 0 Å². The van der Waals surface area contributed by atoms with E-state index >= 15 is 0 Å². The highest BCUT2D eigenvalue weighted by Gasteiger charge is 2.26. The normalized spacial score (nSPS) is 17.6. The Kier molecular flexibility index (Phi) is 6.19. The molecule has 1 unspecified atom stereocenters. The zero-order valence-electron chi connectivity index (χ0n) is 13.2. The minimum absolute atomic E-state index is 0. The lowest BCUT2D eigenvalue weighted by molar-refractivity contribution is 0.0632. The summed E-state index contributed by atoms with van der Waals surface area (Å²) in [6.45, 7) is 2.51. The topological polar surface area (TPSA) is 58.4 Å². The molecule has 1 saturated heterocycles. The van der Waals surface area contributed by atoms with Gasteiger partial charge in [0, 0.05) is 24.7 Å². The van der Waals surface area contributed by atoms with Gasteiger partial charge in [-0.25, -0.2) is 0 Å². The summed E-state index contributed by atoms with van der Waals surface area (Å²) in [4.78, 5) is 14.4. The van der Waals surface area contributed by atoms with Gasteiger partial charge in [0.25, 0.3) is 5.91 Å². The van der Waals surface area contributed by atoms with Crippen molar-refractivity contribution in [2.75, 3.05) is 26.7 Å². The molecular formula is C17H22ClN3O2. The van der Waals surface area contributed by atoms with Gasteiger partial charge < -0.3 is 14.7 Å². The Morgan fingerprint density at radius 1 is 1.39 bits per heavy atom. The fourth-order valence-electron chi connectivity index (χ4n) is 2.98. The van der Waals surface area contributed by atoms with Crippen molar-refractivity contribution in [2.45, 2.75) is 12.8 Å². The molecule has 23 heavy (non-hydrogen) atoms. The molecule has 5 nitrogen and oxygen atoms in total. The first-order chi connectivity index (χ1) is 10.8. The van der Waals surface area contributed by atoms with Gasteiger partial charge >= 0.3 is 0 Å². The summed E-state index contributed by atoms with van der Waals surface area (Å²) in [6, 6.07) is 11.5. The van der Waals surface area contributed by atoms with Crippen LogP contribution in [0.1, 0.15) is 23.4 Å². The number of rotatable bonds is 4. The van der Waals surface area contributed by atoms with Gasteiger partial charge in [-0.15, -0.1) is 12.4 Å². The number of benzene rings is 1. The van der Waals surface area contributed by atoms with E-state index in [9.17, 15) is 4.79 Å². The van der Waals surface area contributed by atoms with Gasteiger partial charge in [0.15, 0.2) is 0 Å². The van der Waals surface area contributed by atoms with Crippen LogP contribution in [0.25, 0.3) is 11.3 Å². The molecule has 6 heteroatoms. The van der Waals surface area contributed by atoms with Crippen molar-refractivity contribution in [3.05, 3.63) is 42.2 Å². The number of carbonyl (C=O) groups is 1. The van der Waals surface area contributed by atoms with Crippen LogP contribution in [-0.4, -0.2) is 42.6 Å². The van der Waals surface area contributed by atoms with E-state index in [1.165, 1.54) is 0 Å². The summed E-state index contributed by atoms with van der Waals surface area (Å²) in [6.07, 6.45) is 2.20. The van der Waals surface area contributed by atoms with Crippen LogP contribution in [0.5, 0.6) is 0 Å². The Bertz CT molecular complexity index is 628. The van der Waals surface area contributed by atoms with Crippen molar-refractivity contribution in [3.8, 4) is 11.3 Å². The van der Waals surface area contributed by atoms with Crippen molar-refractivity contribution >= 4 is 18.3 Å². The van der Waals surface area contributed by atoms with Crippen LogP contribution >= 0.6 is 12.4 Å². The molecule has 1 atom stereocenters. The minimum Gasteiger partial charge on any atom is -0.350 e. The van der Waals surface area contributed by atoms with Gasteiger partial charge in [0.2, 0.25) is 5.76 Å². The van der Waals surface area contributed by atoms with E-state index in [2.05, 4.69) is 10.5 Å². The first kappa shape index (κ1) is 17.5. The van der Waals surface area contributed by atoms with E-state index in [1.807, 2.05) is 42.3 Å². The van der Waals surface area contributed by atoms with Crippen LogP contribution in [0.2, 0.25) is 0 Å². The molecule has 1 aliphatic heterocycles. The lowest BCUT2D eigenvalue weighted by atomic mass is 9.98. The smallest absolute Gasteiger partial charge is 0.292 e. The van der Waals surface area contributed by atoms with Crippen LogP contribution in [0.15, 0.2) is 40.9 Å². The maximum atomic E-state index is 12.6. The highest BCUT2D eigenvalue weighted by molar-refractivity contribution is 5.92. The molecule has 124 valence electrons. The number of likely N-dealkylation sites (tertiary alicyclic amines) is 1. The quantitative estimate of drug-likeness (QED) is 0.933. The number of aromatic nitrogens is 1. The molecule has 1 aromatic heterocycles. The Balaban J connectivity index is 0.00000192. The number of halogens is 1. The lowest BCUT2D eigenvalue weighted by Crippen LogP contribution is -2.42. The second kappa shape index (κ2) is 8.13. The van der Waals surface area contributed by atoms with E-state index in [1.54, 1.807) is 6.07 Å². The average molecular weight is 336 g/mol. The molecule has 3 rings (SSSR count). The maximum absolute atomic E-state index is 12.6. The van der Waals surface area contributed by atoms with Crippen LogP contribution in [0.3, 0.4) is 0 Å². The number of nitrogens with zero attached hydrogens (tertiary/aromatic N) is 2. The average Bonchev–Trinajstić information content (AvgIpc) is 3.05. The molecule has 1 N–H and O–H groups in total. The predicted octanol–water partition coefficient (Wildman–Crippen LogP) is 2.84. The van der Waals surface area contributed by atoms with E-state index in [4.69, 9.17) is 4.52 Å². The summed E-state index contributed by atoms with van der Waals surface area (Å²) in [5, 5.41) is 7.21. The van der Waals surface area contributed by atoms with Gasteiger partial charge in [0.1, 0.15) is 5.69 Å². The van der Waals surface area contributed by atoms with E-state index < -0.39 is 0 Å². The van der Waals surface area contributed by atoms with E-state index in [-0.39, 0.29) is 18.3 Å². The first-order valence-electron chi connectivity index (χ1n) is 7.74. The first-order valence-corrected chi connectivity index (χ1v) is 7.74. The number of nitrogens with one attached hydrogen (secondary N) is 1. The van der Waals surface area contributed by atoms with Crippen LogP contribution in [0, 0.1) is 5.92 Å². The van der Waals surface area contributed by atoms with Crippen LogP contribution in [-0.2, 0) is 0 Å². The monoisotopic (exact) mass is 335 g/mol. The molecule has 0 aliphatic carbocycles.